The normalized spacial score (nSPS) is 13.9. The molecule has 0 fully saturated rings. The molecule has 0 spiro atoms. The maximum absolute atomic E-state index is 11.1. The number of rotatable bonds is 3. The molecule has 1 aliphatic heterocycles. The molecule has 0 bridgehead atoms. The van der Waals surface area contributed by atoms with Crippen LogP contribution in [0.15, 0.2) is 18.2 Å². The minimum Gasteiger partial charge on any atom is -0.326 e. The van der Waals surface area contributed by atoms with Gasteiger partial charge in [0.2, 0.25) is 5.91 Å². The van der Waals surface area contributed by atoms with Crippen LogP contribution in [0.5, 0.6) is 0 Å². The summed E-state index contributed by atoms with van der Waals surface area (Å²) in [6.07, 6.45) is 1.25. The highest BCUT2D eigenvalue weighted by Crippen LogP contribution is 2.24. The van der Waals surface area contributed by atoms with Crippen LogP contribution >= 0.6 is 0 Å². The average Bonchev–Trinajstić information content (AvgIpc) is 2.54. The lowest BCUT2D eigenvalue weighted by Crippen LogP contribution is -2.04. The van der Waals surface area contributed by atoms with Crippen molar-refractivity contribution < 1.29 is 9.63 Å². The summed E-state index contributed by atoms with van der Waals surface area (Å²) in [5.41, 5.74) is 3.10. The maximum atomic E-state index is 11.1. The van der Waals surface area contributed by atoms with E-state index in [1.165, 1.54) is 0 Å². The molecular weight excluding hydrogens is 180 g/mol. The summed E-state index contributed by atoms with van der Waals surface area (Å²) in [5, 5.41) is 2.80. The Balaban J connectivity index is 2.16. The van der Waals surface area contributed by atoms with Crippen molar-refractivity contribution in [3.63, 3.8) is 0 Å². The second-order valence-corrected chi connectivity index (χ2v) is 3.34. The summed E-state index contributed by atoms with van der Waals surface area (Å²) in [6.45, 7) is 0.493. The van der Waals surface area contributed by atoms with Crippen molar-refractivity contribution in [1.82, 2.24) is 0 Å². The molecule has 0 saturated carbocycles. The zero-order valence-corrected chi connectivity index (χ0v) is 7.75. The predicted octanol–water partition coefficient (Wildman–Crippen LogP) is 0.614. The Hall–Kier alpha value is -1.39. The zero-order chi connectivity index (χ0) is 9.97. The third-order valence-electron chi connectivity index (χ3n) is 2.31. The first-order valence-corrected chi connectivity index (χ1v) is 4.53. The minimum atomic E-state index is 0.0622. The molecule has 0 aliphatic carbocycles. The molecule has 1 aromatic rings. The van der Waals surface area contributed by atoms with Crippen molar-refractivity contribution in [3.8, 4) is 0 Å². The predicted molar refractivity (Wildman–Crippen MR) is 52.6 cm³/mol. The Labute approximate surface area is 82.0 Å². The standard InChI is InChI=1S/C10H12N2O2/c11-14-4-3-7-1-2-8-6-10(13)12-9(8)5-7/h1-2,5H,3-4,6,11H2,(H,12,13). The smallest absolute Gasteiger partial charge is 0.228 e. The fourth-order valence-electron chi connectivity index (χ4n) is 1.59. The molecule has 2 rings (SSSR count). The molecule has 1 heterocycles. The Morgan fingerprint density at radius 2 is 2.36 bits per heavy atom. The SMILES string of the molecule is NOCCc1ccc2c(c1)NC(=O)C2. The summed E-state index contributed by atoms with van der Waals surface area (Å²) in [7, 11) is 0. The van der Waals surface area contributed by atoms with Gasteiger partial charge in [-0.3, -0.25) is 4.79 Å². The van der Waals surface area contributed by atoms with Gasteiger partial charge in [-0.15, -0.1) is 0 Å². The number of carbonyl (C=O) groups excluding carboxylic acids is 1. The van der Waals surface area contributed by atoms with Crippen LogP contribution in [-0.4, -0.2) is 12.5 Å². The Morgan fingerprint density at radius 3 is 3.14 bits per heavy atom. The topological polar surface area (TPSA) is 64.3 Å². The van der Waals surface area contributed by atoms with Gasteiger partial charge in [0.25, 0.3) is 0 Å². The molecule has 0 atom stereocenters. The van der Waals surface area contributed by atoms with E-state index in [9.17, 15) is 4.79 Å². The molecule has 4 heteroatoms. The van der Waals surface area contributed by atoms with Gasteiger partial charge in [0.05, 0.1) is 13.0 Å². The average molecular weight is 192 g/mol. The number of anilines is 1. The van der Waals surface area contributed by atoms with Crippen molar-refractivity contribution in [1.29, 1.82) is 0 Å². The number of nitrogens with one attached hydrogen (secondary N) is 1. The van der Waals surface area contributed by atoms with Gasteiger partial charge < -0.3 is 10.2 Å². The van der Waals surface area contributed by atoms with Crippen LogP contribution in [0.3, 0.4) is 0 Å². The summed E-state index contributed by atoms with van der Waals surface area (Å²) in [4.78, 5) is 15.6. The number of hydrogen-bond donors (Lipinski definition) is 2. The third-order valence-corrected chi connectivity index (χ3v) is 2.31. The lowest BCUT2D eigenvalue weighted by Gasteiger charge is -2.03. The molecular formula is C10H12N2O2. The van der Waals surface area contributed by atoms with E-state index in [0.29, 0.717) is 13.0 Å². The van der Waals surface area contributed by atoms with Gasteiger partial charge in [0.15, 0.2) is 0 Å². The second kappa shape index (κ2) is 3.77. The Bertz CT molecular complexity index is 363. The quantitative estimate of drug-likeness (QED) is 0.690. The van der Waals surface area contributed by atoms with E-state index in [4.69, 9.17) is 5.90 Å². The van der Waals surface area contributed by atoms with Crippen LogP contribution in [0, 0.1) is 0 Å². The third kappa shape index (κ3) is 1.76. The van der Waals surface area contributed by atoms with Crippen molar-refractivity contribution in [2.24, 2.45) is 5.90 Å². The van der Waals surface area contributed by atoms with E-state index >= 15 is 0 Å². The van der Waals surface area contributed by atoms with E-state index < -0.39 is 0 Å². The molecule has 1 aliphatic rings. The lowest BCUT2D eigenvalue weighted by molar-refractivity contribution is -0.115. The maximum Gasteiger partial charge on any atom is 0.228 e. The number of hydrogen-bond acceptors (Lipinski definition) is 3. The van der Waals surface area contributed by atoms with Gasteiger partial charge in [0.1, 0.15) is 0 Å². The molecule has 0 aromatic heterocycles. The van der Waals surface area contributed by atoms with E-state index in [2.05, 4.69) is 10.2 Å². The molecule has 74 valence electrons. The fourth-order valence-corrected chi connectivity index (χ4v) is 1.59. The van der Waals surface area contributed by atoms with Gasteiger partial charge in [-0.2, -0.15) is 0 Å². The molecule has 4 nitrogen and oxygen atoms in total. The van der Waals surface area contributed by atoms with Gasteiger partial charge in [-0.25, -0.2) is 5.90 Å². The van der Waals surface area contributed by atoms with E-state index in [1.54, 1.807) is 0 Å². The summed E-state index contributed by atoms with van der Waals surface area (Å²) in [5.74, 6) is 5.00. The molecule has 0 radical (unpaired) electrons. The van der Waals surface area contributed by atoms with Crippen molar-refractivity contribution in [3.05, 3.63) is 29.3 Å². The van der Waals surface area contributed by atoms with Gasteiger partial charge in [-0.05, 0) is 23.6 Å². The molecule has 1 aromatic carbocycles. The fraction of sp³-hybridized carbons (Fsp3) is 0.300. The number of amides is 1. The van der Waals surface area contributed by atoms with Crippen molar-refractivity contribution in [2.75, 3.05) is 11.9 Å². The molecule has 3 N–H and O–H groups in total. The highest BCUT2D eigenvalue weighted by molar-refractivity contribution is 5.99. The number of benzene rings is 1. The van der Waals surface area contributed by atoms with Crippen LogP contribution in [0.2, 0.25) is 0 Å². The van der Waals surface area contributed by atoms with Gasteiger partial charge in [-0.1, -0.05) is 12.1 Å². The molecule has 0 unspecified atom stereocenters. The Morgan fingerprint density at radius 1 is 1.50 bits per heavy atom. The molecule has 14 heavy (non-hydrogen) atoms. The molecule has 0 saturated heterocycles. The number of nitrogens with two attached hydrogens (primary N) is 1. The number of fused-ring (bicyclic) bond motifs is 1. The highest BCUT2D eigenvalue weighted by atomic mass is 16.6. The zero-order valence-electron chi connectivity index (χ0n) is 7.75. The monoisotopic (exact) mass is 192 g/mol. The van der Waals surface area contributed by atoms with Crippen molar-refractivity contribution in [2.45, 2.75) is 12.8 Å². The van der Waals surface area contributed by atoms with E-state index in [-0.39, 0.29) is 5.91 Å². The van der Waals surface area contributed by atoms with Gasteiger partial charge >= 0.3 is 0 Å². The van der Waals surface area contributed by atoms with Crippen LogP contribution in [-0.2, 0) is 22.5 Å². The summed E-state index contributed by atoms with van der Waals surface area (Å²) >= 11 is 0. The first kappa shape index (κ1) is 9.18. The van der Waals surface area contributed by atoms with Crippen LogP contribution in [0.25, 0.3) is 0 Å². The first-order chi connectivity index (χ1) is 6.79. The highest BCUT2D eigenvalue weighted by Gasteiger charge is 2.16. The van der Waals surface area contributed by atoms with Crippen molar-refractivity contribution >= 4 is 11.6 Å². The summed E-state index contributed by atoms with van der Waals surface area (Å²) in [6, 6.07) is 5.94. The number of carbonyl (C=O) groups is 1. The van der Waals surface area contributed by atoms with Crippen LogP contribution < -0.4 is 11.2 Å². The minimum absolute atomic E-state index is 0.0622. The van der Waals surface area contributed by atoms with E-state index in [0.717, 1.165) is 23.2 Å². The first-order valence-electron chi connectivity index (χ1n) is 4.53. The lowest BCUT2D eigenvalue weighted by atomic mass is 10.1. The second-order valence-electron chi connectivity index (χ2n) is 3.34. The van der Waals surface area contributed by atoms with Crippen LogP contribution in [0.4, 0.5) is 5.69 Å². The molecule has 1 amide bonds. The van der Waals surface area contributed by atoms with Crippen LogP contribution in [0.1, 0.15) is 11.1 Å². The summed E-state index contributed by atoms with van der Waals surface area (Å²) < 4.78 is 0. The Kier molecular flexibility index (Phi) is 2.47. The van der Waals surface area contributed by atoms with Gasteiger partial charge in [0, 0.05) is 5.69 Å². The largest absolute Gasteiger partial charge is 0.326 e. The van der Waals surface area contributed by atoms with E-state index in [1.807, 2.05) is 18.2 Å².